The minimum atomic E-state index is 0.493. The summed E-state index contributed by atoms with van der Waals surface area (Å²) in [5.74, 6) is 1.09. The lowest BCUT2D eigenvalue weighted by molar-refractivity contribution is 0.578. The van der Waals surface area contributed by atoms with Crippen molar-refractivity contribution in [2.75, 3.05) is 11.4 Å². The van der Waals surface area contributed by atoms with Crippen molar-refractivity contribution in [3.63, 3.8) is 0 Å². The van der Waals surface area contributed by atoms with E-state index in [1.54, 1.807) is 0 Å². The van der Waals surface area contributed by atoms with Gasteiger partial charge in [0, 0.05) is 25.2 Å². The summed E-state index contributed by atoms with van der Waals surface area (Å²) in [6.07, 6.45) is 1.14. The lowest BCUT2D eigenvalue weighted by Crippen LogP contribution is -2.33. The van der Waals surface area contributed by atoms with Crippen LogP contribution < -0.4 is 10.2 Å². The molecule has 102 valence electrons. The molecule has 0 amide bonds. The number of hydrogen-bond donors (Lipinski definition) is 1. The van der Waals surface area contributed by atoms with E-state index in [1.807, 2.05) is 0 Å². The van der Waals surface area contributed by atoms with Gasteiger partial charge in [0.15, 0.2) is 0 Å². The minimum Gasteiger partial charge on any atom is -0.354 e. The molecule has 0 fully saturated rings. The zero-order valence-corrected chi connectivity index (χ0v) is 12.4. The molecule has 1 aromatic heterocycles. The SMILES string of the molecule is CCC(C)N(CC)c1cccc(CNC(C)C)n1. The minimum absolute atomic E-state index is 0.493. The Hall–Kier alpha value is -1.09. The molecule has 0 aliphatic carbocycles. The third kappa shape index (κ3) is 4.30. The number of anilines is 1. The third-order valence-corrected chi connectivity index (χ3v) is 3.24. The van der Waals surface area contributed by atoms with Gasteiger partial charge >= 0.3 is 0 Å². The van der Waals surface area contributed by atoms with Crippen molar-refractivity contribution in [3.05, 3.63) is 23.9 Å². The van der Waals surface area contributed by atoms with Crippen molar-refractivity contribution in [2.45, 2.75) is 59.7 Å². The molecule has 1 atom stereocenters. The first-order valence-electron chi connectivity index (χ1n) is 7.04. The van der Waals surface area contributed by atoms with Crippen LogP contribution in [0.3, 0.4) is 0 Å². The highest BCUT2D eigenvalue weighted by atomic mass is 15.2. The van der Waals surface area contributed by atoms with E-state index in [-0.39, 0.29) is 0 Å². The molecule has 18 heavy (non-hydrogen) atoms. The number of nitrogens with zero attached hydrogens (tertiary/aromatic N) is 2. The van der Waals surface area contributed by atoms with Gasteiger partial charge < -0.3 is 10.2 Å². The summed E-state index contributed by atoms with van der Waals surface area (Å²) >= 11 is 0. The quantitative estimate of drug-likeness (QED) is 0.804. The second-order valence-electron chi connectivity index (χ2n) is 5.07. The fourth-order valence-electron chi connectivity index (χ4n) is 1.95. The van der Waals surface area contributed by atoms with Crippen LogP contribution in [0.1, 0.15) is 46.7 Å². The summed E-state index contributed by atoms with van der Waals surface area (Å²) in [6.45, 7) is 12.8. The summed E-state index contributed by atoms with van der Waals surface area (Å²) in [6, 6.07) is 7.32. The maximum Gasteiger partial charge on any atom is 0.129 e. The molecule has 0 aliphatic rings. The highest BCUT2D eigenvalue weighted by molar-refractivity contribution is 5.40. The molecule has 1 heterocycles. The van der Waals surface area contributed by atoms with Crippen LogP contribution in [0.25, 0.3) is 0 Å². The average Bonchev–Trinajstić information content (AvgIpc) is 2.37. The van der Waals surface area contributed by atoms with Gasteiger partial charge in [-0.1, -0.05) is 26.8 Å². The normalized spacial score (nSPS) is 12.8. The van der Waals surface area contributed by atoms with Gasteiger partial charge in [0.1, 0.15) is 5.82 Å². The first kappa shape index (κ1) is 15.0. The van der Waals surface area contributed by atoms with E-state index in [1.165, 1.54) is 0 Å². The summed E-state index contributed by atoms with van der Waals surface area (Å²) in [5.41, 5.74) is 1.11. The fourth-order valence-corrected chi connectivity index (χ4v) is 1.95. The van der Waals surface area contributed by atoms with Gasteiger partial charge in [-0.3, -0.25) is 0 Å². The van der Waals surface area contributed by atoms with E-state index in [2.05, 4.69) is 63.0 Å². The number of nitrogens with one attached hydrogen (secondary N) is 1. The fraction of sp³-hybridized carbons (Fsp3) is 0.667. The second kappa shape index (κ2) is 7.37. The van der Waals surface area contributed by atoms with Crippen molar-refractivity contribution in [1.82, 2.24) is 10.3 Å². The van der Waals surface area contributed by atoms with Gasteiger partial charge in [0.2, 0.25) is 0 Å². The molecule has 1 rings (SSSR count). The predicted molar refractivity (Wildman–Crippen MR) is 79.0 cm³/mol. The van der Waals surface area contributed by atoms with Crippen molar-refractivity contribution in [3.8, 4) is 0 Å². The molecule has 1 aromatic rings. The molecule has 0 bridgehead atoms. The molecule has 1 unspecified atom stereocenters. The third-order valence-electron chi connectivity index (χ3n) is 3.24. The van der Waals surface area contributed by atoms with E-state index < -0.39 is 0 Å². The van der Waals surface area contributed by atoms with Crippen LogP contribution in [-0.2, 0) is 6.54 Å². The highest BCUT2D eigenvalue weighted by Crippen LogP contribution is 2.16. The predicted octanol–water partition coefficient (Wildman–Crippen LogP) is 3.20. The summed E-state index contributed by atoms with van der Waals surface area (Å²) in [4.78, 5) is 7.11. The van der Waals surface area contributed by atoms with Gasteiger partial charge in [-0.05, 0) is 32.4 Å². The van der Waals surface area contributed by atoms with Crippen LogP contribution in [0.15, 0.2) is 18.2 Å². The van der Waals surface area contributed by atoms with Crippen LogP contribution in [0, 0.1) is 0 Å². The maximum atomic E-state index is 4.75. The number of hydrogen-bond acceptors (Lipinski definition) is 3. The smallest absolute Gasteiger partial charge is 0.129 e. The molecule has 1 N–H and O–H groups in total. The van der Waals surface area contributed by atoms with Crippen LogP contribution in [0.4, 0.5) is 5.82 Å². The van der Waals surface area contributed by atoms with Gasteiger partial charge in [-0.15, -0.1) is 0 Å². The summed E-state index contributed by atoms with van der Waals surface area (Å²) < 4.78 is 0. The molecule has 0 radical (unpaired) electrons. The van der Waals surface area contributed by atoms with Crippen molar-refractivity contribution in [1.29, 1.82) is 0 Å². The summed E-state index contributed by atoms with van der Waals surface area (Å²) in [5, 5.41) is 3.41. The Morgan fingerprint density at radius 3 is 2.50 bits per heavy atom. The molecule has 0 aliphatic heterocycles. The molecule has 3 nitrogen and oxygen atoms in total. The average molecular weight is 249 g/mol. The van der Waals surface area contributed by atoms with E-state index >= 15 is 0 Å². The molecule has 0 saturated carbocycles. The Labute approximate surface area is 112 Å². The lowest BCUT2D eigenvalue weighted by atomic mass is 10.2. The Morgan fingerprint density at radius 2 is 1.94 bits per heavy atom. The lowest BCUT2D eigenvalue weighted by Gasteiger charge is -2.28. The van der Waals surface area contributed by atoms with E-state index in [9.17, 15) is 0 Å². The number of rotatable bonds is 7. The van der Waals surface area contributed by atoms with Crippen LogP contribution >= 0.6 is 0 Å². The highest BCUT2D eigenvalue weighted by Gasteiger charge is 2.12. The first-order valence-corrected chi connectivity index (χ1v) is 7.04. The monoisotopic (exact) mass is 249 g/mol. The topological polar surface area (TPSA) is 28.2 Å². The van der Waals surface area contributed by atoms with Gasteiger partial charge in [0.25, 0.3) is 0 Å². The maximum absolute atomic E-state index is 4.75. The van der Waals surface area contributed by atoms with E-state index in [0.29, 0.717) is 12.1 Å². The standard InChI is InChI=1S/C15H27N3/c1-6-13(5)18(7-2)15-10-8-9-14(17-15)11-16-12(3)4/h8-10,12-13,16H,6-7,11H2,1-5H3. The Morgan fingerprint density at radius 1 is 1.22 bits per heavy atom. The Kier molecular flexibility index (Phi) is 6.13. The van der Waals surface area contributed by atoms with Crippen molar-refractivity contribution < 1.29 is 0 Å². The second-order valence-corrected chi connectivity index (χ2v) is 5.07. The Bertz CT molecular complexity index is 349. The molecule has 0 aromatic carbocycles. The number of aromatic nitrogens is 1. The van der Waals surface area contributed by atoms with Gasteiger partial charge in [0.05, 0.1) is 5.69 Å². The number of pyridine rings is 1. The van der Waals surface area contributed by atoms with Crippen LogP contribution in [0.5, 0.6) is 0 Å². The zero-order valence-electron chi connectivity index (χ0n) is 12.4. The zero-order chi connectivity index (χ0) is 13.5. The van der Waals surface area contributed by atoms with Gasteiger partial charge in [-0.2, -0.15) is 0 Å². The van der Waals surface area contributed by atoms with Crippen LogP contribution in [0.2, 0.25) is 0 Å². The summed E-state index contributed by atoms with van der Waals surface area (Å²) in [7, 11) is 0. The largest absolute Gasteiger partial charge is 0.354 e. The molecule has 3 heteroatoms. The van der Waals surface area contributed by atoms with Crippen molar-refractivity contribution in [2.24, 2.45) is 0 Å². The molecular weight excluding hydrogens is 222 g/mol. The first-order chi connectivity index (χ1) is 8.58. The van der Waals surface area contributed by atoms with E-state index in [4.69, 9.17) is 4.98 Å². The van der Waals surface area contributed by atoms with Gasteiger partial charge in [-0.25, -0.2) is 4.98 Å². The Balaban J connectivity index is 2.79. The van der Waals surface area contributed by atoms with Crippen molar-refractivity contribution >= 4 is 5.82 Å². The van der Waals surface area contributed by atoms with E-state index in [0.717, 1.165) is 31.0 Å². The molecule has 0 saturated heterocycles. The molecular formula is C15H27N3. The molecule has 0 spiro atoms. The van der Waals surface area contributed by atoms with Crippen LogP contribution in [-0.4, -0.2) is 23.6 Å².